The van der Waals surface area contributed by atoms with Crippen LogP contribution >= 0.6 is 0 Å². The number of hydrogen-bond acceptors (Lipinski definition) is 7. The van der Waals surface area contributed by atoms with Crippen molar-refractivity contribution in [1.29, 1.82) is 0 Å². The molecule has 0 radical (unpaired) electrons. The first-order valence-corrected chi connectivity index (χ1v) is 4.37. The Bertz CT molecular complexity index is 536. The van der Waals surface area contributed by atoms with E-state index in [-0.39, 0.29) is 17.3 Å². The van der Waals surface area contributed by atoms with Crippen LogP contribution in [0.25, 0.3) is 0 Å². The lowest BCUT2D eigenvalue weighted by molar-refractivity contribution is -0.384. The third kappa shape index (κ3) is 2.40. The molecule has 9 nitrogen and oxygen atoms in total. The normalized spacial score (nSPS) is 9.88. The average molecular weight is 235 g/mol. The fourth-order valence-corrected chi connectivity index (χ4v) is 1.04. The van der Waals surface area contributed by atoms with E-state index in [0.717, 1.165) is 0 Å². The summed E-state index contributed by atoms with van der Waals surface area (Å²) in [6.45, 7) is 0. The molecule has 0 aliphatic rings. The topological polar surface area (TPSA) is 124 Å². The van der Waals surface area contributed by atoms with E-state index < -0.39 is 10.9 Å². The number of aromatic amines is 1. The maximum atomic E-state index is 11.4. The monoisotopic (exact) mass is 235 g/mol. The number of nitrogens with zero attached hydrogens (tertiary/aromatic N) is 4. The first-order valence-electron chi connectivity index (χ1n) is 4.37. The van der Waals surface area contributed by atoms with Gasteiger partial charge in [-0.1, -0.05) is 0 Å². The summed E-state index contributed by atoms with van der Waals surface area (Å²) in [6, 6.07) is 5.05. The standard InChI is InChI=1S/C8H5N5O4/c14-8(7-9-11-12-10-7)17-6-3-1-5(2-4-6)13(15)16/h1-4H,(H,9,10,11,12). The van der Waals surface area contributed by atoms with Crippen molar-refractivity contribution in [2.24, 2.45) is 0 Å². The van der Waals surface area contributed by atoms with Gasteiger partial charge in [0.25, 0.3) is 11.5 Å². The summed E-state index contributed by atoms with van der Waals surface area (Å²) in [4.78, 5) is 21.2. The Morgan fingerprint density at radius 2 is 2.06 bits per heavy atom. The van der Waals surface area contributed by atoms with Gasteiger partial charge in [0.1, 0.15) is 5.75 Å². The van der Waals surface area contributed by atoms with Gasteiger partial charge in [-0.2, -0.15) is 5.21 Å². The van der Waals surface area contributed by atoms with Gasteiger partial charge in [0.15, 0.2) is 0 Å². The van der Waals surface area contributed by atoms with Crippen LogP contribution in [0.3, 0.4) is 0 Å². The highest BCUT2D eigenvalue weighted by Gasteiger charge is 2.14. The molecular weight excluding hydrogens is 230 g/mol. The van der Waals surface area contributed by atoms with Gasteiger partial charge in [-0.3, -0.25) is 10.1 Å². The van der Waals surface area contributed by atoms with Gasteiger partial charge in [-0.15, -0.1) is 10.2 Å². The van der Waals surface area contributed by atoms with Crippen LogP contribution in [0.1, 0.15) is 10.6 Å². The van der Waals surface area contributed by atoms with Crippen LogP contribution < -0.4 is 4.74 Å². The van der Waals surface area contributed by atoms with Crippen molar-refractivity contribution in [3.63, 3.8) is 0 Å². The number of non-ortho nitro benzene ring substituents is 1. The van der Waals surface area contributed by atoms with E-state index in [9.17, 15) is 14.9 Å². The van der Waals surface area contributed by atoms with Crippen LogP contribution in [-0.2, 0) is 0 Å². The molecule has 1 heterocycles. The van der Waals surface area contributed by atoms with E-state index in [1.165, 1.54) is 24.3 Å². The number of H-pyrrole nitrogens is 1. The summed E-state index contributed by atoms with van der Waals surface area (Å²) in [7, 11) is 0. The Balaban J connectivity index is 2.09. The van der Waals surface area contributed by atoms with Gasteiger partial charge in [0, 0.05) is 12.1 Å². The number of rotatable bonds is 3. The SMILES string of the molecule is O=C(Oc1ccc([N+](=O)[O-])cc1)c1nn[nH]n1. The molecule has 1 aromatic heterocycles. The second-order valence-electron chi connectivity index (χ2n) is 2.88. The first-order chi connectivity index (χ1) is 8.16. The lowest BCUT2D eigenvalue weighted by atomic mass is 10.3. The number of carbonyl (C=O) groups is 1. The van der Waals surface area contributed by atoms with Gasteiger partial charge in [-0.25, -0.2) is 4.79 Å². The molecule has 86 valence electrons. The minimum Gasteiger partial charge on any atom is -0.421 e. The molecule has 0 saturated carbocycles. The predicted molar refractivity (Wildman–Crippen MR) is 52.2 cm³/mol. The molecule has 0 unspecified atom stereocenters. The van der Waals surface area contributed by atoms with E-state index in [0.29, 0.717) is 0 Å². The fourth-order valence-electron chi connectivity index (χ4n) is 1.04. The van der Waals surface area contributed by atoms with Gasteiger partial charge in [-0.05, 0) is 17.3 Å². The van der Waals surface area contributed by atoms with Crippen molar-refractivity contribution in [2.45, 2.75) is 0 Å². The molecule has 0 aliphatic heterocycles. The fraction of sp³-hybridized carbons (Fsp3) is 0. The Morgan fingerprint density at radius 1 is 1.35 bits per heavy atom. The van der Waals surface area contributed by atoms with E-state index in [2.05, 4.69) is 20.6 Å². The number of carbonyl (C=O) groups excluding carboxylic acids is 1. The van der Waals surface area contributed by atoms with E-state index in [4.69, 9.17) is 4.74 Å². The minimum absolute atomic E-state index is 0.0932. The molecule has 0 fully saturated rings. The summed E-state index contributed by atoms with van der Waals surface area (Å²) >= 11 is 0. The van der Waals surface area contributed by atoms with Crippen molar-refractivity contribution in [3.8, 4) is 5.75 Å². The molecule has 0 bridgehead atoms. The summed E-state index contributed by atoms with van der Waals surface area (Å²) < 4.78 is 4.85. The number of esters is 1. The number of ether oxygens (including phenoxy) is 1. The van der Waals surface area contributed by atoms with Gasteiger partial charge >= 0.3 is 5.97 Å². The zero-order valence-electron chi connectivity index (χ0n) is 8.23. The van der Waals surface area contributed by atoms with Crippen molar-refractivity contribution in [2.75, 3.05) is 0 Å². The van der Waals surface area contributed by atoms with Crippen LogP contribution in [0, 0.1) is 10.1 Å². The number of nitro benzene ring substituents is 1. The summed E-state index contributed by atoms with van der Waals surface area (Å²) in [5, 5.41) is 22.5. The number of tetrazole rings is 1. The summed E-state index contributed by atoms with van der Waals surface area (Å²) in [5.41, 5.74) is -0.0932. The number of aromatic nitrogens is 4. The Kier molecular flexibility index (Phi) is 2.73. The Hall–Kier alpha value is -2.84. The molecule has 9 heteroatoms. The lowest BCUT2D eigenvalue weighted by Gasteiger charge is -1.99. The maximum Gasteiger partial charge on any atom is 0.385 e. The van der Waals surface area contributed by atoms with Crippen LogP contribution in [0.4, 0.5) is 5.69 Å². The minimum atomic E-state index is -0.799. The summed E-state index contributed by atoms with van der Waals surface area (Å²) in [6.07, 6.45) is 0. The highest BCUT2D eigenvalue weighted by molar-refractivity contribution is 5.86. The van der Waals surface area contributed by atoms with Crippen molar-refractivity contribution in [1.82, 2.24) is 20.6 Å². The van der Waals surface area contributed by atoms with Gasteiger partial charge < -0.3 is 4.74 Å². The molecule has 0 spiro atoms. The molecule has 0 saturated heterocycles. The van der Waals surface area contributed by atoms with Crippen LogP contribution in [0.2, 0.25) is 0 Å². The molecule has 0 atom stereocenters. The Morgan fingerprint density at radius 3 is 2.59 bits per heavy atom. The highest BCUT2D eigenvalue weighted by atomic mass is 16.6. The van der Waals surface area contributed by atoms with Crippen LogP contribution in [0.15, 0.2) is 24.3 Å². The molecule has 2 aromatic rings. The molecule has 2 rings (SSSR count). The zero-order valence-corrected chi connectivity index (χ0v) is 8.23. The van der Waals surface area contributed by atoms with Crippen molar-refractivity contribution >= 4 is 11.7 Å². The number of nitrogens with one attached hydrogen (secondary N) is 1. The van der Waals surface area contributed by atoms with E-state index in [1.54, 1.807) is 0 Å². The quantitative estimate of drug-likeness (QED) is 0.351. The molecule has 0 aliphatic carbocycles. The second-order valence-corrected chi connectivity index (χ2v) is 2.88. The predicted octanol–water partition coefficient (Wildman–Crippen LogP) is 0.327. The van der Waals surface area contributed by atoms with Crippen LogP contribution in [0.5, 0.6) is 5.75 Å². The Labute approximate surface area is 93.6 Å². The average Bonchev–Trinajstić information content (AvgIpc) is 2.83. The highest BCUT2D eigenvalue weighted by Crippen LogP contribution is 2.17. The van der Waals surface area contributed by atoms with E-state index >= 15 is 0 Å². The summed E-state index contributed by atoms with van der Waals surface area (Å²) in [5.74, 6) is -0.860. The molecule has 0 amide bonds. The van der Waals surface area contributed by atoms with Crippen molar-refractivity contribution < 1.29 is 14.5 Å². The lowest BCUT2D eigenvalue weighted by Crippen LogP contribution is -2.10. The number of benzene rings is 1. The van der Waals surface area contributed by atoms with E-state index in [1.807, 2.05) is 0 Å². The maximum absolute atomic E-state index is 11.4. The second kappa shape index (κ2) is 4.35. The molecule has 17 heavy (non-hydrogen) atoms. The molecule has 1 aromatic carbocycles. The largest absolute Gasteiger partial charge is 0.421 e. The number of hydrogen-bond donors (Lipinski definition) is 1. The zero-order chi connectivity index (χ0) is 12.3. The third-order valence-corrected chi connectivity index (χ3v) is 1.79. The third-order valence-electron chi connectivity index (χ3n) is 1.79. The van der Waals surface area contributed by atoms with Crippen LogP contribution in [-0.4, -0.2) is 31.5 Å². The molecule has 1 N–H and O–H groups in total. The smallest absolute Gasteiger partial charge is 0.385 e. The first kappa shape index (κ1) is 10.7. The van der Waals surface area contributed by atoms with Gasteiger partial charge in [0.05, 0.1) is 4.92 Å². The number of nitro groups is 1. The molecular formula is C8H5N5O4. The van der Waals surface area contributed by atoms with Gasteiger partial charge in [0.2, 0.25) is 0 Å². The van der Waals surface area contributed by atoms with Crippen molar-refractivity contribution in [3.05, 3.63) is 40.2 Å².